The van der Waals surface area contributed by atoms with Crippen LogP contribution < -0.4 is 5.32 Å². The minimum absolute atomic E-state index is 0.0985. The summed E-state index contributed by atoms with van der Waals surface area (Å²) in [6, 6.07) is 0.497. The fourth-order valence-electron chi connectivity index (χ4n) is 3.41. The van der Waals surface area contributed by atoms with E-state index in [1.807, 2.05) is 11.3 Å². The van der Waals surface area contributed by atoms with Gasteiger partial charge < -0.3 is 10.2 Å². The van der Waals surface area contributed by atoms with Crippen molar-refractivity contribution in [2.75, 3.05) is 19.6 Å². The molecule has 2 rings (SSSR count). The summed E-state index contributed by atoms with van der Waals surface area (Å²) in [5.41, 5.74) is 1.39. The van der Waals surface area contributed by atoms with Crippen LogP contribution in [-0.2, 0) is 12.0 Å². The lowest BCUT2D eigenvalue weighted by Gasteiger charge is -2.42. The van der Waals surface area contributed by atoms with E-state index in [9.17, 15) is 0 Å². The molecule has 2 heterocycles. The van der Waals surface area contributed by atoms with Crippen molar-refractivity contribution < 1.29 is 0 Å². The largest absolute Gasteiger partial charge is 0.303 e. The summed E-state index contributed by atoms with van der Waals surface area (Å²) in [6.45, 7) is 14.8. The van der Waals surface area contributed by atoms with Gasteiger partial charge in [0.15, 0.2) is 0 Å². The van der Waals surface area contributed by atoms with Gasteiger partial charge in [0.1, 0.15) is 5.01 Å². The van der Waals surface area contributed by atoms with Crippen LogP contribution in [0.25, 0.3) is 0 Å². The number of nitrogens with one attached hydrogen (secondary N) is 1. The maximum absolute atomic E-state index is 4.99. The Kier molecular flexibility index (Phi) is 5.81. The molecule has 1 aromatic heterocycles. The standard InChI is InChI=1S/C17H31N3S/c1-6-10-20-11-8-17(9-12-20,19-13(3)4)16-18-15(7-2)14(5)21-16/h13,19H,6-12H2,1-5H3. The fraction of sp³-hybridized carbons (Fsp3) is 0.824. The second kappa shape index (κ2) is 7.21. The number of piperidine rings is 1. The predicted molar refractivity (Wildman–Crippen MR) is 92.1 cm³/mol. The van der Waals surface area contributed by atoms with Crippen LogP contribution in [-0.4, -0.2) is 35.6 Å². The molecular weight excluding hydrogens is 278 g/mol. The first-order valence-electron chi connectivity index (χ1n) is 8.47. The summed E-state index contributed by atoms with van der Waals surface area (Å²) in [5, 5.41) is 5.18. The quantitative estimate of drug-likeness (QED) is 0.868. The molecule has 1 aliphatic heterocycles. The molecule has 0 radical (unpaired) electrons. The predicted octanol–water partition coefficient (Wildman–Crippen LogP) is 3.71. The minimum Gasteiger partial charge on any atom is -0.303 e. The number of rotatable bonds is 6. The highest BCUT2D eigenvalue weighted by atomic mass is 32.1. The van der Waals surface area contributed by atoms with E-state index in [1.165, 1.54) is 54.5 Å². The number of hydrogen-bond donors (Lipinski definition) is 1. The van der Waals surface area contributed by atoms with E-state index in [0.717, 1.165) is 6.42 Å². The molecule has 0 aromatic carbocycles. The third-order valence-electron chi connectivity index (χ3n) is 4.45. The number of likely N-dealkylation sites (tertiary alicyclic amines) is 1. The van der Waals surface area contributed by atoms with Gasteiger partial charge >= 0.3 is 0 Å². The molecule has 0 saturated carbocycles. The molecule has 1 N–H and O–H groups in total. The van der Waals surface area contributed by atoms with Crippen molar-refractivity contribution in [2.45, 2.75) is 71.9 Å². The average molecular weight is 310 g/mol. The number of aryl methyl sites for hydroxylation is 2. The average Bonchev–Trinajstić information content (AvgIpc) is 2.82. The van der Waals surface area contributed by atoms with Crippen molar-refractivity contribution in [3.63, 3.8) is 0 Å². The highest BCUT2D eigenvalue weighted by Crippen LogP contribution is 2.37. The number of thiazole rings is 1. The van der Waals surface area contributed by atoms with E-state index < -0.39 is 0 Å². The Morgan fingerprint density at radius 3 is 2.43 bits per heavy atom. The molecule has 4 heteroatoms. The molecule has 21 heavy (non-hydrogen) atoms. The molecule has 1 aliphatic rings. The zero-order valence-corrected chi connectivity index (χ0v) is 15.1. The van der Waals surface area contributed by atoms with E-state index >= 15 is 0 Å². The molecule has 120 valence electrons. The Morgan fingerprint density at radius 1 is 1.29 bits per heavy atom. The van der Waals surface area contributed by atoms with Crippen molar-refractivity contribution in [1.29, 1.82) is 0 Å². The summed E-state index contributed by atoms with van der Waals surface area (Å²) < 4.78 is 0. The Labute approximate surface area is 134 Å². The van der Waals surface area contributed by atoms with Gasteiger partial charge in [-0.3, -0.25) is 0 Å². The SMILES string of the molecule is CCCN1CCC(NC(C)C)(c2nc(CC)c(C)s2)CC1. The molecule has 0 amide bonds. The Morgan fingerprint density at radius 2 is 1.95 bits per heavy atom. The number of nitrogens with zero attached hydrogens (tertiary/aromatic N) is 2. The molecule has 0 bridgehead atoms. The van der Waals surface area contributed by atoms with Crippen molar-refractivity contribution in [2.24, 2.45) is 0 Å². The smallest absolute Gasteiger partial charge is 0.113 e. The summed E-state index contributed by atoms with van der Waals surface area (Å²) in [5.74, 6) is 0. The van der Waals surface area contributed by atoms with E-state index in [-0.39, 0.29) is 5.54 Å². The van der Waals surface area contributed by atoms with Crippen LogP contribution in [0.1, 0.15) is 62.5 Å². The van der Waals surface area contributed by atoms with Gasteiger partial charge in [0.25, 0.3) is 0 Å². The zero-order chi connectivity index (χ0) is 15.5. The molecule has 1 saturated heterocycles. The maximum Gasteiger partial charge on any atom is 0.113 e. The van der Waals surface area contributed by atoms with Crippen LogP contribution in [0.5, 0.6) is 0 Å². The number of hydrogen-bond acceptors (Lipinski definition) is 4. The summed E-state index contributed by atoms with van der Waals surface area (Å²) in [7, 11) is 0. The van der Waals surface area contributed by atoms with E-state index in [4.69, 9.17) is 4.98 Å². The van der Waals surface area contributed by atoms with E-state index in [0.29, 0.717) is 6.04 Å². The second-order valence-electron chi connectivity index (χ2n) is 6.60. The minimum atomic E-state index is 0.0985. The van der Waals surface area contributed by atoms with Crippen LogP contribution in [0.3, 0.4) is 0 Å². The third-order valence-corrected chi connectivity index (χ3v) is 5.67. The lowest BCUT2D eigenvalue weighted by Crippen LogP contribution is -2.53. The third kappa shape index (κ3) is 3.85. The van der Waals surface area contributed by atoms with Crippen LogP contribution in [0, 0.1) is 6.92 Å². The fourth-order valence-corrected chi connectivity index (χ4v) is 4.62. The van der Waals surface area contributed by atoms with Crippen LogP contribution in [0.4, 0.5) is 0 Å². The van der Waals surface area contributed by atoms with Gasteiger partial charge in [-0.2, -0.15) is 0 Å². The van der Waals surface area contributed by atoms with Crippen LogP contribution in [0.2, 0.25) is 0 Å². The number of aromatic nitrogens is 1. The molecule has 0 spiro atoms. The Balaban J connectivity index is 2.21. The van der Waals surface area contributed by atoms with Gasteiger partial charge in [0.2, 0.25) is 0 Å². The highest BCUT2D eigenvalue weighted by Gasteiger charge is 2.39. The topological polar surface area (TPSA) is 28.2 Å². The Bertz CT molecular complexity index is 445. The van der Waals surface area contributed by atoms with Crippen LogP contribution in [0.15, 0.2) is 0 Å². The van der Waals surface area contributed by atoms with Crippen molar-refractivity contribution in [1.82, 2.24) is 15.2 Å². The van der Waals surface area contributed by atoms with E-state index in [1.54, 1.807) is 0 Å². The lowest BCUT2D eigenvalue weighted by molar-refractivity contribution is 0.126. The molecule has 1 fully saturated rings. The van der Waals surface area contributed by atoms with Crippen molar-refractivity contribution in [3.8, 4) is 0 Å². The van der Waals surface area contributed by atoms with Gasteiger partial charge in [0, 0.05) is 24.0 Å². The normalized spacial score (nSPS) is 19.3. The van der Waals surface area contributed by atoms with Gasteiger partial charge in [-0.25, -0.2) is 4.98 Å². The van der Waals surface area contributed by atoms with Gasteiger partial charge in [0.05, 0.1) is 11.2 Å². The summed E-state index contributed by atoms with van der Waals surface area (Å²) in [6.07, 6.45) is 4.66. The van der Waals surface area contributed by atoms with Gasteiger partial charge in [-0.05, 0) is 53.0 Å². The molecule has 3 nitrogen and oxygen atoms in total. The monoisotopic (exact) mass is 309 g/mol. The first kappa shape index (κ1) is 16.9. The molecule has 0 atom stereocenters. The first-order valence-corrected chi connectivity index (χ1v) is 9.29. The van der Waals surface area contributed by atoms with Crippen LogP contribution >= 0.6 is 11.3 Å². The highest BCUT2D eigenvalue weighted by molar-refractivity contribution is 7.11. The molecule has 1 aromatic rings. The summed E-state index contributed by atoms with van der Waals surface area (Å²) in [4.78, 5) is 8.98. The lowest BCUT2D eigenvalue weighted by atomic mass is 9.87. The molecule has 0 aliphatic carbocycles. The van der Waals surface area contributed by atoms with Gasteiger partial charge in [-0.15, -0.1) is 11.3 Å². The second-order valence-corrected chi connectivity index (χ2v) is 7.80. The van der Waals surface area contributed by atoms with E-state index in [2.05, 4.69) is 44.8 Å². The zero-order valence-electron chi connectivity index (χ0n) is 14.3. The maximum atomic E-state index is 4.99. The summed E-state index contributed by atoms with van der Waals surface area (Å²) >= 11 is 1.91. The van der Waals surface area contributed by atoms with Crippen molar-refractivity contribution >= 4 is 11.3 Å². The van der Waals surface area contributed by atoms with Crippen molar-refractivity contribution in [3.05, 3.63) is 15.6 Å². The van der Waals surface area contributed by atoms with Gasteiger partial charge in [-0.1, -0.05) is 13.8 Å². The Hall–Kier alpha value is -0.450. The molecular formula is C17H31N3S. The first-order chi connectivity index (χ1) is 10.0. The molecule has 0 unspecified atom stereocenters.